The van der Waals surface area contributed by atoms with Crippen LogP contribution in [0.4, 0.5) is 0 Å². The molecule has 0 atom stereocenters. The van der Waals surface area contributed by atoms with Crippen LogP contribution in [0.3, 0.4) is 0 Å². The minimum absolute atomic E-state index is 0.00362. The molecule has 150 valence electrons. The summed E-state index contributed by atoms with van der Waals surface area (Å²) in [5, 5.41) is 4.09. The van der Waals surface area contributed by atoms with Gasteiger partial charge >= 0.3 is 0 Å². The quantitative estimate of drug-likeness (QED) is 0.781. The molecule has 2 aromatic rings. The molecular weight excluding hydrogens is 350 g/mol. The Morgan fingerprint density at radius 2 is 1.93 bits per heavy atom. The van der Waals surface area contributed by atoms with Crippen LogP contribution in [-0.2, 0) is 23.1 Å². The van der Waals surface area contributed by atoms with Crippen molar-refractivity contribution in [3.8, 4) is 0 Å². The summed E-state index contributed by atoms with van der Waals surface area (Å²) in [6.45, 7) is 10.1. The third kappa shape index (κ3) is 4.29. The van der Waals surface area contributed by atoms with Crippen LogP contribution in [0.5, 0.6) is 0 Å². The molecule has 1 aliphatic rings. The summed E-state index contributed by atoms with van der Waals surface area (Å²) in [5.74, 6) is 0.553. The Kier molecular flexibility index (Phi) is 5.92. The molecule has 1 aromatic heterocycles. The van der Waals surface area contributed by atoms with Crippen LogP contribution < -0.4 is 5.32 Å². The standard InChI is InChI=1S/C23H31N3O2/c1-5-21(27)24-16-23(2,3)18-10-12-26(13-11-18)22(28)15-19-14-17-8-6-7-9-20(17)25(19)4/h5-9,14,18H,1,10-13,15-16H2,2-4H3,(H,24,27). The zero-order chi connectivity index (χ0) is 20.3. The number of fused-ring (bicyclic) bond motifs is 1. The van der Waals surface area contributed by atoms with Gasteiger partial charge in [0.05, 0.1) is 6.42 Å². The topological polar surface area (TPSA) is 54.3 Å². The highest BCUT2D eigenvalue weighted by Gasteiger charge is 2.33. The van der Waals surface area contributed by atoms with E-state index in [0.717, 1.165) is 37.1 Å². The molecule has 28 heavy (non-hydrogen) atoms. The molecule has 0 bridgehead atoms. The van der Waals surface area contributed by atoms with Crippen molar-refractivity contribution < 1.29 is 9.59 Å². The molecule has 1 aliphatic heterocycles. The largest absolute Gasteiger partial charge is 0.352 e. The van der Waals surface area contributed by atoms with Gasteiger partial charge in [-0.2, -0.15) is 0 Å². The summed E-state index contributed by atoms with van der Waals surface area (Å²) in [4.78, 5) is 26.3. The molecule has 1 N–H and O–H groups in total. The highest BCUT2D eigenvalue weighted by molar-refractivity contribution is 5.87. The van der Waals surface area contributed by atoms with E-state index in [1.54, 1.807) is 0 Å². The zero-order valence-electron chi connectivity index (χ0n) is 17.2. The number of nitrogens with one attached hydrogen (secondary N) is 1. The van der Waals surface area contributed by atoms with Crippen molar-refractivity contribution in [1.82, 2.24) is 14.8 Å². The molecule has 2 amide bonds. The van der Waals surface area contributed by atoms with Gasteiger partial charge in [0.15, 0.2) is 0 Å². The number of carbonyl (C=O) groups excluding carboxylic acids is 2. The Balaban J connectivity index is 1.56. The van der Waals surface area contributed by atoms with Gasteiger partial charge in [0.1, 0.15) is 0 Å². The number of benzene rings is 1. The van der Waals surface area contributed by atoms with Crippen LogP contribution in [-0.4, -0.2) is 40.9 Å². The number of para-hydroxylation sites is 1. The first-order valence-electron chi connectivity index (χ1n) is 10.0. The van der Waals surface area contributed by atoms with Gasteiger partial charge in [-0.3, -0.25) is 9.59 Å². The van der Waals surface area contributed by atoms with Gasteiger partial charge in [0.25, 0.3) is 0 Å². The van der Waals surface area contributed by atoms with Crippen molar-refractivity contribution in [2.75, 3.05) is 19.6 Å². The zero-order valence-corrected chi connectivity index (χ0v) is 17.2. The highest BCUT2D eigenvalue weighted by Crippen LogP contribution is 2.34. The van der Waals surface area contributed by atoms with Crippen molar-refractivity contribution >= 4 is 22.7 Å². The molecule has 1 saturated heterocycles. The lowest BCUT2D eigenvalue weighted by Gasteiger charge is -2.40. The fraction of sp³-hybridized carbons (Fsp3) is 0.478. The van der Waals surface area contributed by atoms with E-state index < -0.39 is 0 Å². The molecule has 1 aromatic carbocycles. The Bertz CT molecular complexity index is 873. The maximum atomic E-state index is 12.9. The summed E-state index contributed by atoms with van der Waals surface area (Å²) in [6, 6.07) is 10.3. The SMILES string of the molecule is C=CC(=O)NCC(C)(C)C1CCN(C(=O)Cc2cc3ccccc3n2C)CC1. The third-order valence-corrected chi connectivity index (χ3v) is 6.24. The lowest BCUT2D eigenvalue weighted by Crippen LogP contribution is -2.45. The number of hydrogen-bond acceptors (Lipinski definition) is 2. The number of carbonyl (C=O) groups is 2. The third-order valence-electron chi connectivity index (χ3n) is 6.24. The normalized spacial score (nSPS) is 15.6. The number of piperidine rings is 1. The summed E-state index contributed by atoms with van der Waals surface area (Å²) < 4.78 is 2.12. The Morgan fingerprint density at radius 3 is 2.57 bits per heavy atom. The van der Waals surface area contributed by atoms with E-state index in [-0.39, 0.29) is 17.2 Å². The lowest BCUT2D eigenvalue weighted by molar-refractivity contribution is -0.132. The molecule has 0 aliphatic carbocycles. The number of likely N-dealkylation sites (tertiary alicyclic amines) is 1. The van der Waals surface area contributed by atoms with E-state index in [0.29, 0.717) is 18.9 Å². The maximum absolute atomic E-state index is 12.9. The van der Waals surface area contributed by atoms with Gasteiger partial charge in [0.2, 0.25) is 11.8 Å². The summed E-state index contributed by atoms with van der Waals surface area (Å²) in [5.41, 5.74) is 2.22. The number of amides is 2. The van der Waals surface area contributed by atoms with Crippen molar-refractivity contribution in [3.05, 3.63) is 48.7 Å². The molecule has 3 rings (SSSR count). The minimum Gasteiger partial charge on any atom is -0.352 e. The number of aryl methyl sites for hydroxylation is 1. The fourth-order valence-corrected chi connectivity index (χ4v) is 4.22. The van der Waals surface area contributed by atoms with Crippen molar-refractivity contribution in [3.63, 3.8) is 0 Å². The maximum Gasteiger partial charge on any atom is 0.243 e. The van der Waals surface area contributed by atoms with Crippen LogP contribution >= 0.6 is 0 Å². The molecule has 0 radical (unpaired) electrons. The molecular formula is C23H31N3O2. The second kappa shape index (κ2) is 8.21. The summed E-state index contributed by atoms with van der Waals surface area (Å²) in [6.07, 6.45) is 3.69. The predicted molar refractivity (Wildman–Crippen MR) is 113 cm³/mol. The average molecular weight is 382 g/mol. The monoisotopic (exact) mass is 381 g/mol. The van der Waals surface area contributed by atoms with Gasteiger partial charge in [0, 0.05) is 37.9 Å². The predicted octanol–water partition coefficient (Wildman–Crippen LogP) is 3.29. The minimum atomic E-state index is -0.129. The van der Waals surface area contributed by atoms with Crippen LogP contribution in [0.25, 0.3) is 10.9 Å². The second-order valence-electron chi connectivity index (χ2n) is 8.50. The number of aromatic nitrogens is 1. The van der Waals surface area contributed by atoms with Gasteiger partial charge in [-0.05, 0) is 47.8 Å². The van der Waals surface area contributed by atoms with Gasteiger partial charge < -0.3 is 14.8 Å². The van der Waals surface area contributed by atoms with Crippen LogP contribution in [0.2, 0.25) is 0 Å². The van der Waals surface area contributed by atoms with Gasteiger partial charge in [-0.1, -0.05) is 38.6 Å². The van der Waals surface area contributed by atoms with Gasteiger partial charge in [-0.15, -0.1) is 0 Å². The highest BCUT2D eigenvalue weighted by atomic mass is 16.2. The average Bonchev–Trinajstić information content (AvgIpc) is 3.02. The molecule has 2 heterocycles. The van der Waals surface area contributed by atoms with Crippen molar-refractivity contribution in [2.45, 2.75) is 33.1 Å². The number of rotatable bonds is 6. The van der Waals surface area contributed by atoms with Gasteiger partial charge in [-0.25, -0.2) is 0 Å². The first kappa shape index (κ1) is 20.2. The Hall–Kier alpha value is -2.56. The second-order valence-corrected chi connectivity index (χ2v) is 8.50. The number of hydrogen-bond donors (Lipinski definition) is 1. The van der Waals surface area contributed by atoms with E-state index in [1.807, 2.05) is 24.1 Å². The van der Waals surface area contributed by atoms with Crippen LogP contribution in [0.15, 0.2) is 43.0 Å². The molecule has 1 fully saturated rings. The van der Waals surface area contributed by atoms with E-state index in [1.165, 1.54) is 11.5 Å². The van der Waals surface area contributed by atoms with E-state index in [2.05, 4.69) is 48.5 Å². The van der Waals surface area contributed by atoms with Crippen molar-refractivity contribution in [2.24, 2.45) is 18.4 Å². The Labute approximate surface area is 167 Å². The molecule has 0 spiro atoms. The van der Waals surface area contributed by atoms with E-state index >= 15 is 0 Å². The van der Waals surface area contributed by atoms with Crippen LogP contribution in [0, 0.1) is 11.3 Å². The lowest BCUT2D eigenvalue weighted by atomic mass is 9.73. The summed E-state index contributed by atoms with van der Waals surface area (Å²) >= 11 is 0. The van der Waals surface area contributed by atoms with E-state index in [9.17, 15) is 9.59 Å². The Morgan fingerprint density at radius 1 is 1.25 bits per heavy atom. The number of nitrogens with zero attached hydrogens (tertiary/aromatic N) is 2. The molecule has 5 heteroatoms. The first-order chi connectivity index (χ1) is 13.3. The fourth-order valence-electron chi connectivity index (χ4n) is 4.22. The van der Waals surface area contributed by atoms with Crippen molar-refractivity contribution in [1.29, 1.82) is 0 Å². The summed E-state index contributed by atoms with van der Waals surface area (Å²) in [7, 11) is 2.03. The molecule has 0 unspecified atom stereocenters. The van der Waals surface area contributed by atoms with E-state index in [4.69, 9.17) is 0 Å². The first-order valence-corrected chi connectivity index (χ1v) is 10.0. The molecule has 0 saturated carbocycles. The molecule has 5 nitrogen and oxygen atoms in total. The smallest absolute Gasteiger partial charge is 0.243 e. The van der Waals surface area contributed by atoms with Crippen LogP contribution in [0.1, 0.15) is 32.4 Å².